The molecule has 140 valence electrons. The summed E-state index contributed by atoms with van der Waals surface area (Å²) in [6.45, 7) is 3.95. The fourth-order valence-electron chi connectivity index (χ4n) is 2.43. The van der Waals surface area contributed by atoms with Crippen LogP contribution in [0.15, 0.2) is 42.5 Å². The molecule has 0 radical (unpaired) electrons. The van der Waals surface area contributed by atoms with Crippen LogP contribution in [0.4, 0.5) is 13.2 Å². The van der Waals surface area contributed by atoms with Crippen LogP contribution < -0.4 is 9.47 Å². The van der Waals surface area contributed by atoms with Gasteiger partial charge in [0.15, 0.2) is 6.61 Å². The van der Waals surface area contributed by atoms with E-state index in [9.17, 15) is 18.0 Å². The number of aryl methyl sites for hydroxylation is 2. The van der Waals surface area contributed by atoms with Crippen LogP contribution in [0.2, 0.25) is 0 Å². The van der Waals surface area contributed by atoms with Crippen molar-refractivity contribution in [3.05, 3.63) is 59.2 Å². The second-order valence-corrected chi connectivity index (χ2v) is 5.95. The molecule has 0 unspecified atom stereocenters. The molecular formula is C19H20F3NO3. The van der Waals surface area contributed by atoms with Crippen molar-refractivity contribution in [2.45, 2.75) is 26.8 Å². The van der Waals surface area contributed by atoms with Gasteiger partial charge in [0.2, 0.25) is 0 Å². The number of amides is 1. The van der Waals surface area contributed by atoms with Crippen molar-refractivity contribution >= 4 is 5.91 Å². The molecule has 0 atom stereocenters. The Kier molecular flexibility index (Phi) is 6.13. The van der Waals surface area contributed by atoms with Gasteiger partial charge in [0.25, 0.3) is 5.91 Å². The summed E-state index contributed by atoms with van der Waals surface area (Å²) in [4.78, 5) is 13.7. The van der Waals surface area contributed by atoms with Gasteiger partial charge in [-0.3, -0.25) is 4.79 Å². The highest BCUT2D eigenvalue weighted by molar-refractivity contribution is 5.77. The summed E-state index contributed by atoms with van der Waals surface area (Å²) in [5.41, 5.74) is 2.57. The smallest absolute Gasteiger partial charge is 0.483 e. The molecule has 0 saturated carbocycles. The first-order valence-electron chi connectivity index (χ1n) is 7.93. The SMILES string of the molecule is Cc1cccc(C)c1OCC(=O)N(C)Cc1ccc(OC(F)(F)F)cc1. The first-order chi connectivity index (χ1) is 12.2. The van der Waals surface area contributed by atoms with E-state index in [4.69, 9.17) is 4.74 Å². The molecule has 1 amide bonds. The van der Waals surface area contributed by atoms with Gasteiger partial charge >= 0.3 is 6.36 Å². The molecule has 0 fully saturated rings. The lowest BCUT2D eigenvalue weighted by Crippen LogP contribution is -2.31. The molecule has 7 heteroatoms. The lowest BCUT2D eigenvalue weighted by Gasteiger charge is -2.19. The van der Waals surface area contributed by atoms with E-state index in [1.165, 1.54) is 29.2 Å². The zero-order valence-corrected chi connectivity index (χ0v) is 14.8. The molecule has 2 aromatic carbocycles. The Morgan fingerprint density at radius 3 is 2.15 bits per heavy atom. The normalized spacial score (nSPS) is 11.2. The molecule has 2 aromatic rings. The number of halogens is 3. The Morgan fingerprint density at radius 1 is 1.04 bits per heavy atom. The number of ether oxygens (including phenoxy) is 2. The number of benzene rings is 2. The van der Waals surface area contributed by atoms with Crippen LogP contribution in [-0.2, 0) is 11.3 Å². The van der Waals surface area contributed by atoms with Crippen LogP contribution in [0.5, 0.6) is 11.5 Å². The van der Waals surface area contributed by atoms with Crippen molar-refractivity contribution in [1.82, 2.24) is 4.90 Å². The number of carbonyl (C=O) groups is 1. The second-order valence-electron chi connectivity index (χ2n) is 5.95. The Balaban J connectivity index is 1.90. The van der Waals surface area contributed by atoms with Gasteiger partial charge in [0.1, 0.15) is 11.5 Å². The third-order valence-electron chi connectivity index (χ3n) is 3.75. The van der Waals surface area contributed by atoms with Crippen molar-refractivity contribution < 1.29 is 27.4 Å². The van der Waals surface area contributed by atoms with Crippen LogP contribution >= 0.6 is 0 Å². The highest BCUT2D eigenvalue weighted by atomic mass is 19.4. The molecule has 0 bridgehead atoms. The number of hydrogen-bond acceptors (Lipinski definition) is 3. The van der Waals surface area contributed by atoms with E-state index in [2.05, 4.69) is 4.74 Å². The van der Waals surface area contributed by atoms with Gasteiger partial charge in [-0.1, -0.05) is 30.3 Å². The molecule has 0 heterocycles. The second kappa shape index (κ2) is 8.12. The lowest BCUT2D eigenvalue weighted by atomic mass is 10.1. The molecular weight excluding hydrogens is 347 g/mol. The number of likely N-dealkylation sites (N-methyl/N-ethyl adjacent to an activating group) is 1. The first kappa shape index (κ1) is 19.6. The maximum absolute atomic E-state index is 12.2. The highest BCUT2D eigenvalue weighted by Gasteiger charge is 2.30. The Morgan fingerprint density at radius 2 is 1.62 bits per heavy atom. The fourth-order valence-corrected chi connectivity index (χ4v) is 2.43. The monoisotopic (exact) mass is 367 g/mol. The number of alkyl halides is 3. The maximum atomic E-state index is 12.2. The molecule has 0 N–H and O–H groups in total. The average molecular weight is 367 g/mol. The summed E-state index contributed by atoms with van der Waals surface area (Å²) in [5, 5.41) is 0. The van der Waals surface area contributed by atoms with Gasteiger partial charge in [-0.2, -0.15) is 0 Å². The molecule has 0 spiro atoms. The Labute approximate surface area is 150 Å². The summed E-state index contributed by atoms with van der Waals surface area (Å²) in [6, 6.07) is 11.1. The predicted molar refractivity (Wildman–Crippen MR) is 91.0 cm³/mol. The van der Waals surface area contributed by atoms with E-state index < -0.39 is 6.36 Å². The van der Waals surface area contributed by atoms with E-state index in [-0.39, 0.29) is 24.8 Å². The Hall–Kier alpha value is -2.70. The largest absolute Gasteiger partial charge is 0.573 e. The fraction of sp³-hybridized carbons (Fsp3) is 0.316. The number of hydrogen-bond donors (Lipinski definition) is 0. The Bertz CT molecular complexity index is 737. The molecule has 0 saturated heterocycles. The topological polar surface area (TPSA) is 38.8 Å². The van der Waals surface area contributed by atoms with E-state index in [0.717, 1.165) is 11.1 Å². The van der Waals surface area contributed by atoms with Crippen LogP contribution in [0.3, 0.4) is 0 Å². The van der Waals surface area contributed by atoms with Crippen LogP contribution in [0, 0.1) is 13.8 Å². The molecule has 4 nitrogen and oxygen atoms in total. The third kappa shape index (κ3) is 5.68. The van der Waals surface area contributed by atoms with Gasteiger partial charge in [0, 0.05) is 13.6 Å². The summed E-state index contributed by atoms with van der Waals surface area (Å²) in [7, 11) is 1.61. The summed E-state index contributed by atoms with van der Waals surface area (Å²) in [6.07, 6.45) is -4.72. The van der Waals surface area contributed by atoms with Crippen molar-refractivity contribution in [3.63, 3.8) is 0 Å². The highest BCUT2D eigenvalue weighted by Crippen LogP contribution is 2.24. The van der Waals surface area contributed by atoms with E-state index in [1.807, 2.05) is 32.0 Å². The van der Waals surface area contributed by atoms with Crippen LogP contribution in [0.25, 0.3) is 0 Å². The minimum atomic E-state index is -4.72. The molecule has 0 aromatic heterocycles. The standard InChI is InChI=1S/C19H20F3NO3/c1-13-5-4-6-14(2)18(13)25-12-17(24)23(3)11-15-7-9-16(10-8-15)26-19(20,21)22/h4-10H,11-12H2,1-3H3. The van der Waals surface area contributed by atoms with Crippen molar-refractivity contribution in [3.8, 4) is 11.5 Å². The summed E-state index contributed by atoms with van der Waals surface area (Å²) < 4.78 is 45.9. The molecule has 0 aliphatic carbocycles. The van der Waals surface area contributed by atoms with Crippen molar-refractivity contribution in [2.75, 3.05) is 13.7 Å². The number of nitrogens with zero attached hydrogens (tertiary/aromatic N) is 1. The van der Waals surface area contributed by atoms with Crippen LogP contribution in [-0.4, -0.2) is 30.8 Å². The summed E-state index contributed by atoms with van der Waals surface area (Å²) >= 11 is 0. The van der Waals surface area contributed by atoms with Gasteiger partial charge < -0.3 is 14.4 Å². The number of carbonyl (C=O) groups excluding carboxylic acids is 1. The maximum Gasteiger partial charge on any atom is 0.573 e. The summed E-state index contributed by atoms with van der Waals surface area (Å²) in [5.74, 6) is 0.153. The zero-order valence-electron chi connectivity index (χ0n) is 14.8. The van der Waals surface area contributed by atoms with E-state index >= 15 is 0 Å². The molecule has 26 heavy (non-hydrogen) atoms. The van der Waals surface area contributed by atoms with Crippen LogP contribution in [0.1, 0.15) is 16.7 Å². The molecule has 2 rings (SSSR count). The quantitative estimate of drug-likeness (QED) is 0.767. The van der Waals surface area contributed by atoms with Crippen molar-refractivity contribution in [1.29, 1.82) is 0 Å². The zero-order chi connectivity index (χ0) is 19.3. The molecule has 0 aliphatic rings. The minimum absolute atomic E-state index is 0.114. The third-order valence-corrected chi connectivity index (χ3v) is 3.75. The molecule has 0 aliphatic heterocycles. The van der Waals surface area contributed by atoms with E-state index in [1.54, 1.807) is 7.05 Å². The van der Waals surface area contributed by atoms with Crippen molar-refractivity contribution in [2.24, 2.45) is 0 Å². The van der Waals surface area contributed by atoms with Gasteiger partial charge in [0.05, 0.1) is 0 Å². The van der Waals surface area contributed by atoms with E-state index in [0.29, 0.717) is 11.3 Å². The van der Waals surface area contributed by atoms with Gasteiger partial charge in [-0.05, 0) is 42.7 Å². The average Bonchev–Trinajstić information content (AvgIpc) is 2.54. The number of para-hydroxylation sites is 1. The number of rotatable bonds is 6. The van der Waals surface area contributed by atoms with Gasteiger partial charge in [-0.25, -0.2) is 0 Å². The lowest BCUT2D eigenvalue weighted by molar-refractivity contribution is -0.274. The minimum Gasteiger partial charge on any atom is -0.483 e. The van der Waals surface area contributed by atoms with Gasteiger partial charge in [-0.15, -0.1) is 13.2 Å². The first-order valence-corrected chi connectivity index (χ1v) is 7.93. The predicted octanol–water partition coefficient (Wildman–Crippen LogP) is 4.24.